The number of rotatable bonds is 3. The van der Waals surface area contributed by atoms with Crippen molar-refractivity contribution < 1.29 is 4.79 Å². The molecular weight excluding hydrogens is 338 g/mol. The van der Waals surface area contributed by atoms with Gasteiger partial charge in [0.2, 0.25) is 0 Å². The van der Waals surface area contributed by atoms with E-state index in [1.165, 1.54) is 11.9 Å². The van der Waals surface area contributed by atoms with Crippen molar-refractivity contribution in [3.63, 3.8) is 0 Å². The first kappa shape index (κ1) is 17.4. The first-order chi connectivity index (χ1) is 13.1. The van der Waals surface area contributed by atoms with Crippen LogP contribution >= 0.6 is 0 Å². The van der Waals surface area contributed by atoms with Crippen LogP contribution < -0.4 is 11.5 Å². The van der Waals surface area contributed by atoms with E-state index in [1.54, 1.807) is 12.1 Å². The number of hydrogen-bond donors (Lipinski definition) is 2. The zero-order valence-electron chi connectivity index (χ0n) is 15.1. The molecule has 0 atom stereocenters. The second-order valence-electron chi connectivity index (χ2n) is 7.13. The number of fused-ring (bicyclic) bond motifs is 1. The topological polar surface area (TPSA) is 98.1 Å². The van der Waals surface area contributed by atoms with Gasteiger partial charge in [0.15, 0.2) is 0 Å². The van der Waals surface area contributed by atoms with Crippen LogP contribution in [0.15, 0.2) is 54.9 Å². The Hall–Kier alpha value is -2.99. The van der Waals surface area contributed by atoms with Gasteiger partial charge in [0.1, 0.15) is 12.1 Å². The fourth-order valence-corrected chi connectivity index (χ4v) is 3.93. The van der Waals surface area contributed by atoms with Crippen LogP contribution in [0.3, 0.4) is 0 Å². The summed E-state index contributed by atoms with van der Waals surface area (Å²) in [5.74, 6) is 0.445. The van der Waals surface area contributed by atoms with Gasteiger partial charge in [-0.15, -0.1) is 0 Å². The van der Waals surface area contributed by atoms with E-state index in [1.807, 2.05) is 29.2 Å². The molecule has 1 aromatic heterocycles. The van der Waals surface area contributed by atoms with Crippen molar-refractivity contribution in [3.05, 3.63) is 66.0 Å². The van der Waals surface area contributed by atoms with E-state index in [2.05, 4.69) is 22.1 Å². The first-order valence-electron chi connectivity index (χ1n) is 9.18. The molecule has 1 aliphatic rings. The summed E-state index contributed by atoms with van der Waals surface area (Å²) in [6, 6.07) is 15.8. The van der Waals surface area contributed by atoms with Crippen LogP contribution in [0.4, 0.5) is 5.82 Å². The molecule has 3 aromatic rings. The molecule has 0 bridgehead atoms. The molecule has 1 amide bonds. The van der Waals surface area contributed by atoms with E-state index < -0.39 is 0 Å². The number of likely N-dealkylation sites (tertiary alicyclic amines) is 1. The van der Waals surface area contributed by atoms with Crippen molar-refractivity contribution in [3.8, 4) is 0 Å². The lowest BCUT2D eigenvalue weighted by Crippen LogP contribution is -2.48. The lowest BCUT2D eigenvalue weighted by molar-refractivity contribution is 0.0670. The number of anilines is 1. The molecule has 138 valence electrons. The van der Waals surface area contributed by atoms with Crippen LogP contribution in [0.1, 0.15) is 28.8 Å². The van der Waals surface area contributed by atoms with Crippen LogP contribution in [0.5, 0.6) is 0 Å². The summed E-state index contributed by atoms with van der Waals surface area (Å²) in [5.41, 5.74) is 14.5. The van der Waals surface area contributed by atoms with Gasteiger partial charge in [-0.05, 0) is 36.6 Å². The van der Waals surface area contributed by atoms with Gasteiger partial charge in [0, 0.05) is 36.0 Å². The van der Waals surface area contributed by atoms with Crippen LogP contribution in [0.2, 0.25) is 0 Å². The average molecular weight is 361 g/mol. The quantitative estimate of drug-likeness (QED) is 0.746. The van der Waals surface area contributed by atoms with E-state index in [0.717, 1.165) is 18.2 Å². The average Bonchev–Trinajstić information content (AvgIpc) is 2.74. The fraction of sp³-hybridized carbons (Fsp3) is 0.286. The molecule has 1 aliphatic heterocycles. The van der Waals surface area contributed by atoms with Gasteiger partial charge in [0.05, 0.1) is 5.52 Å². The summed E-state index contributed by atoms with van der Waals surface area (Å²) in [6.45, 7) is 1.97. The zero-order chi connectivity index (χ0) is 18.9. The lowest BCUT2D eigenvalue weighted by Gasteiger charge is -2.41. The lowest BCUT2D eigenvalue weighted by atomic mass is 9.73. The molecule has 2 aromatic carbocycles. The van der Waals surface area contributed by atoms with Crippen molar-refractivity contribution >= 4 is 22.6 Å². The monoisotopic (exact) mass is 361 g/mol. The highest BCUT2D eigenvalue weighted by atomic mass is 16.2. The van der Waals surface area contributed by atoms with E-state index in [0.29, 0.717) is 36.5 Å². The van der Waals surface area contributed by atoms with Gasteiger partial charge in [-0.1, -0.05) is 30.3 Å². The second-order valence-corrected chi connectivity index (χ2v) is 7.13. The predicted octanol–water partition coefficient (Wildman–Crippen LogP) is 2.34. The molecule has 1 fully saturated rings. The first-order valence-corrected chi connectivity index (χ1v) is 9.18. The standard InChI is InChI=1S/C21H23N5O/c22-13-21(16-4-2-1-3-5-16)8-10-26(11-9-21)20(27)15-6-7-17-18(12-15)24-14-25-19(17)23/h1-7,12,14H,8-11,13,22H2,(H2,23,24,25). The predicted molar refractivity (Wildman–Crippen MR) is 106 cm³/mol. The van der Waals surface area contributed by atoms with Crippen molar-refractivity contribution in [1.29, 1.82) is 0 Å². The minimum Gasteiger partial charge on any atom is -0.383 e. The number of amides is 1. The third kappa shape index (κ3) is 3.13. The Balaban J connectivity index is 1.53. The molecule has 0 spiro atoms. The number of hydrogen-bond acceptors (Lipinski definition) is 5. The number of piperidine rings is 1. The van der Waals surface area contributed by atoms with Gasteiger partial charge in [-0.3, -0.25) is 4.79 Å². The maximum absolute atomic E-state index is 13.0. The van der Waals surface area contributed by atoms with Gasteiger partial charge < -0.3 is 16.4 Å². The van der Waals surface area contributed by atoms with Crippen molar-refractivity contribution in [2.45, 2.75) is 18.3 Å². The maximum atomic E-state index is 13.0. The molecule has 1 saturated heterocycles. The Bertz CT molecular complexity index is 965. The highest BCUT2D eigenvalue weighted by Gasteiger charge is 2.36. The normalized spacial score (nSPS) is 16.4. The number of aromatic nitrogens is 2. The zero-order valence-corrected chi connectivity index (χ0v) is 15.1. The maximum Gasteiger partial charge on any atom is 0.253 e. The number of carbonyl (C=O) groups is 1. The van der Waals surface area contributed by atoms with Crippen LogP contribution in [-0.4, -0.2) is 40.4 Å². The number of carbonyl (C=O) groups excluding carboxylic acids is 1. The summed E-state index contributed by atoms with van der Waals surface area (Å²) < 4.78 is 0. The molecule has 2 heterocycles. The van der Waals surface area contributed by atoms with Crippen LogP contribution in [0.25, 0.3) is 10.9 Å². The highest BCUT2D eigenvalue weighted by Crippen LogP contribution is 2.35. The number of nitrogen functional groups attached to an aromatic ring is 1. The van der Waals surface area contributed by atoms with Crippen LogP contribution in [0, 0.1) is 0 Å². The summed E-state index contributed by atoms with van der Waals surface area (Å²) in [6.07, 6.45) is 3.15. The molecule has 27 heavy (non-hydrogen) atoms. The number of benzene rings is 2. The molecule has 4 N–H and O–H groups in total. The Morgan fingerprint density at radius 2 is 1.81 bits per heavy atom. The number of nitrogens with two attached hydrogens (primary N) is 2. The Labute approximate surface area is 158 Å². The molecule has 0 unspecified atom stereocenters. The molecule has 0 saturated carbocycles. The summed E-state index contributed by atoms with van der Waals surface area (Å²) in [4.78, 5) is 23.1. The molecular formula is C21H23N5O. The molecule has 4 rings (SSSR count). The van der Waals surface area contributed by atoms with E-state index in [-0.39, 0.29) is 11.3 Å². The molecule has 6 heteroatoms. The summed E-state index contributed by atoms with van der Waals surface area (Å²) >= 11 is 0. The van der Waals surface area contributed by atoms with Gasteiger partial charge in [0.25, 0.3) is 5.91 Å². The third-order valence-corrected chi connectivity index (χ3v) is 5.70. The largest absolute Gasteiger partial charge is 0.383 e. The number of nitrogens with zero attached hydrogens (tertiary/aromatic N) is 3. The minimum atomic E-state index is -0.0525. The summed E-state index contributed by atoms with van der Waals surface area (Å²) in [5, 5.41) is 0.763. The third-order valence-electron chi connectivity index (χ3n) is 5.70. The Morgan fingerprint density at radius 1 is 1.07 bits per heavy atom. The van der Waals surface area contributed by atoms with E-state index in [9.17, 15) is 4.79 Å². The smallest absolute Gasteiger partial charge is 0.253 e. The fourth-order valence-electron chi connectivity index (χ4n) is 3.93. The van der Waals surface area contributed by atoms with Gasteiger partial charge in [-0.2, -0.15) is 0 Å². The van der Waals surface area contributed by atoms with E-state index >= 15 is 0 Å². The summed E-state index contributed by atoms with van der Waals surface area (Å²) in [7, 11) is 0. The highest BCUT2D eigenvalue weighted by molar-refractivity contribution is 5.99. The molecule has 6 nitrogen and oxygen atoms in total. The SMILES string of the molecule is NCC1(c2ccccc2)CCN(C(=O)c2ccc3c(N)ncnc3c2)CC1. The van der Waals surface area contributed by atoms with Crippen molar-refractivity contribution in [1.82, 2.24) is 14.9 Å². The van der Waals surface area contributed by atoms with Gasteiger partial charge >= 0.3 is 0 Å². The van der Waals surface area contributed by atoms with Crippen LogP contribution in [-0.2, 0) is 5.41 Å². The molecule has 0 aliphatic carbocycles. The Kier molecular flexibility index (Phi) is 4.49. The Morgan fingerprint density at radius 3 is 2.52 bits per heavy atom. The van der Waals surface area contributed by atoms with Crippen molar-refractivity contribution in [2.75, 3.05) is 25.4 Å². The second kappa shape index (κ2) is 6.96. The van der Waals surface area contributed by atoms with Crippen molar-refractivity contribution in [2.24, 2.45) is 5.73 Å². The van der Waals surface area contributed by atoms with E-state index in [4.69, 9.17) is 11.5 Å². The molecule has 0 radical (unpaired) electrons. The minimum absolute atomic E-state index is 0.0211. The van der Waals surface area contributed by atoms with Gasteiger partial charge in [-0.25, -0.2) is 9.97 Å².